The van der Waals surface area contributed by atoms with Crippen LogP contribution < -0.4 is 4.57 Å². The lowest BCUT2D eigenvalue weighted by molar-refractivity contribution is -0.692. The largest absolute Gasteiger partial charge is 0.748 e. The fourth-order valence-corrected chi connectivity index (χ4v) is 2.90. The monoisotopic (exact) mass is 311 g/mol. The van der Waals surface area contributed by atoms with Crippen molar-refractivity contribution in [3.63, 3.8) is 0 Å². The lowest BCUT2D eigenvalue weighted by Crippen LogP contribution is -2.36. The average Bonchev–Trinajstić information content (AvgIpc) is 2.97. The van der Waals surface area contributed by atoms with E-state index < -0.39 is 15.9 Å². The van der Waals surface area contributed by atoms with Gasteiger partial charge in [0.2, 0.25) is 4.96 Å². The highest BCUT2D eigenvalue weighted by molar-refractivity contribution is 7.85. The van der Waals surface area contributed by atoms with Crippen LogP contribution in [-0.4, -0.2) is 38.5 Å². The van der Waals surface area contributed by atoms with E-state index in [2.05, 4.69) is 15.3 Å². The van der Waals surface area contributed by atoms with E-state index in [1.807, 2.05) is 12.1 Å². The zero-order valence-electron chi connectivity index (χ0n) is 10.1. The van der Waals surface area contributed by atoms with Crippen molar-refractivity contribution in [1.29, 1.82) is 0 Å². The maximum Gasteiger partial charge on any atom is 0.234 e. The van der Waals surface area contributed by atoms with Gasteiger partial charge in [-0.05, 0) is 0 Å². The molecule has 0 aromatic carbocycles. The van der Waals surface area contributed by atoms with Crippen LogP contribution in [0.4, 0.5) is 0 Å². The lowest BCUT2D eigenvalue weighted by Gasteiger charge is -2.03. The van der Waals surface area contributed by atoms with Crippen molar-refractivity contribution in [2.45, 2.75) is 6.54 Å². The van der Waals surface area contributed by atoms with Crippen LogP contribution in [0.3, 0.4) is 0 Å². The molecule has 8 nitrogen and oxygen atoms in total. The minimum Gasteiger partial charge on any atom is -0.748 e. The summed E-state index contributed by atoms with van der Waals surface area (Å²) in [5.74, 6) is -0.423. The lowest BCUT2D eigenvalue weighted by atomic mass is 10.3. The van der Waals surface area contributed by atoms with Gasteiger partial charge in [0.25, 0.3) is 0 Å². The number of hydrogen-bond acceptors (Lipinski definition) is 7. The molecule has 0 N–H and O–H groups in total. The van der Waals surface area contributed by atoms with Crippen LogP contribution in [-0.2, 0) is 16.7 Å². The highest BCUT2D eigenvalue weighted by Gasteiger charge is 2.10. The van der Waals surface area contributed by atoms with Crippen molar-refractivity contribution < 1.29 is 17.5 Å². The fourth-order valence-electron chi connectivity index (χ4n) is 1.64. The van der Waals surface area contributed by atoms with Crippen LogP contribution in [0.15, 0.2) is 30.9 Å². The van der Waals surface area contributed by atoms with Gasteiger partial charge in [0.15, 0.2) is 18.9 Å². The summed E-state index contributed by atoms with van der Waals surface area (Å²) < 4.78 is 34.9. The van der Waals surface area contributed by atoms with Gasteiger partial charge in [0.1, 0.15) is 21.5 Å². The number of pyridine rings is 1. The predicted molar refractivity (Wildman–Crippen MR) is 68.9 cm³/mol. The summed E-state index contributed by atoms with van der Waals surface area (Å²) in [6, 6.07) is 3.62. The summed E-state index contributed by atoms with van der Waals surface area (Å²) >= 11 is 1.40. The molecule has 0 bridgehead atoms. The van der Waals surface area contributed by atoms with Crippen LogP contribution >= 0.6 is 11.3 Å². The van der Waals surface area contributed by atoms with Crippen molar-refractivity contribution in [2.24, 2.45) is 0 Å². The van der Waals surface area contributed by atoms with Crippen LogP contribution in [0.5, 0.6) is 0 Å². The second-order valence-electron chi connectivity index (χ2n) is 4.05. The molecule has 0 saturated carbocycles. The highest BCUT2D eigenvalue weighted by atomic mass is 32.2. The third-order valence-corrected chi connectivity index (χ3v) is 4.27. The number of hydrogen-bond donors (Lipinski definition) is 0. The van der Waals surface area contributed by atoms with Crippen LogP contribution in [0.25, 0.3) is 15.5 Å². The Bertz CT molecular complexity index is 809. The van der Waals surface area contributed by atoms with Gasteiger partial charge in [-0.3, -0.25) is 0 Å². The molecule has 0 aliphatic carbocycles. The molecule has 104 valence electrons. The molecule has 3 rings (SSSR count). The van der Waals surface area contributed by atoms with E-state index in [0.717, 1.165) is 10.6 Å². The third kappa shape index (κ3) is 2.81. The molecule has 10 heteroatoms. The molecule has 3 aromatic heterocycles. The van der Waals surface area contributed by atoms with E-state index >= 15 is 0 Å². The van der Waals surface area contributed by atoms with E-state index in [4.69, 9.17) is 0 Å². The molecule has 20 heavy (non-hydrogen) atoms. The highest BCUT2D eigenvalue weighted by Crippen LogP contribution is 2.23. The second-order valence-corrected chi connectivity index (χ2v) is 6.53. The summed E-state index contributed by atoms with van der Waals surface area (Å²) in [6.07, 6.45) is 4.95. The van der Waals surface area contributed by atoms with Crippen molar-refractivity contribution in [3.8, 4) is 10.6 Å². The van der Waals surface area contributed by atoms with Crippen LogP contribution in [0.1, 0.15) is 0 Å². The Morgan fingerprint density at radius 3 is 2.75 bits per heavy atom. The molecular formula is C10H9N5O3S2. The van der Waals surface area contributed by atoms with Crippen molar-refractivity contribution in [1.82, 2.24) is 19.8 Å². The van der Waals surface area contributed by atoms with Crippen molar-refractivity contribution in [3.05, 3.63) is 30.9 Å². The van der Waals surface area contributed by atoms with Crippen molar-refractivity contribution in [2.75, 3.05) is 5.75 Å². The molecule has 0 aliphatic rings. The summed E-state index contributed by atoms with van der Waals surface area (Å²) in [5.41, 5.74) is 0.890. The molecule has 3 heterocycles. The Hall–Kier alpha value is -1.91. The molecule has 0 saturated heterocycles. The molecule has 0 radical (unpaired) electrons. The molecular weight excluding hydrogens is 302 g/mol. The van der Waals surface area contributed by atoms with E-state index in [9.17, 15) is 13.0 Å². The number of aromatic nitrogens is 5. The standard InChI is InChI=1S/C10H9N5O3S2/c16-20(17,18)6-5-14-3-1-8(2-4-14)9-13-15-7-11-12-10(15)19-9/h1-4,7H,5-6H2. The summed E-state index contributed by atoms with van der Waals surface area (Å²) in [4.78, 5) is 0.703. The predicted octanol–water partition coefficient (Wildman–Crippen LogP) is -0.314. The molecule has 0 atom stereocenters. The van der Waals surface area contributed by atoms with Crippen LogP contribution in [0, 0.1) is 0 Å². The van der Waals surface area contributed by atoms with Gasteiger partial charge < -0.3 is 4.55 Å². The Balaban J connectivity index is 1.80. The van der Waals surface area contributed by atoms with Gasteiger partial charge in [-0.1, -0.05) is 11.3 Å². The van der Waals surface area contributed by atoms with E-state index in [1.165, 1.54) is 17.7 Å². The van der Waals surface area contributed by atoms with Gasteiger partial charge in [-0.15, -0.1) is 10.2 Å². The summed E-state index contributed by atoms with van der Waals surface area (Å²) in [6.45, 7) is 0.136. The minimum absolute atomic E-state index is 0.136. The molecule has 0 amide bonds. The smallest absolute Gasteiger partial charge is 0.234 e. The Labute approximate surface area is 118 Å². The Kier molecular flexibility index (Phi) is 3.20. The minimum atomic E-state index is -4.19. The Morgan fingerprint density at radius 2 is 2.10 bits per heavy atom. The SMILES string of the molecule is O=S(=O)([O-])CC[n+]1ccc(-c2nn3cnnc3s2)cc1. The third-order valence-electron chi connectivity index (χ3n) is 2.62. The average molecular weight is 311 g/mol. The molecule has 0 unspecified atom stereocenters. The maximum atomic E-state index is 10.6. The van der Waals surface area contributed by atoms with E-state index in [0.29, 0.717) is 4.96 Å². The number of nitrogens with zero attached hydrogens (tertiary/aromatic N) is 5. The second kappa shape index (κ2) is 4.89. The first-order valence-corrected chi connectivity index (χ1v) is 8.00. The molecule has 3 aromatic rings. The van der Waals surface area contributed by atoms with E-state index in [-0.39, 0.29) is 6.54 Å². The first-order valence-electron chi connectivity index (χ1n) is 5.61. The van der Waals surface area contributed by atoms with Gasteiger partial charge >= 0.3 is 0 Å². The molecule has 0 aliphatic heterocycles. The Morgan fingerprint density at radius 1 is 1.35 bits per heavy atom. The summed E-state index contributed by atoms with van der Waals surface area (Å²) in [7, 11) is -4.19. The van der Waals surface area contributed by atoms with Gasteiger partial charge in [0.05, 0.1) is 5.75 Å². The van der Waals surface area contributed by atoms with Gasteiger partial charge in [0, 0.05) is 17.7 Å². The number of rotatable bonds is 4. The normalized spacial score (nSPS) is 12.1. The molecule has 0 fully saturated rings. The topological polar surface area (TPSA) is 104 Å². The maximum absolute atomic E-state index is 10.6. The van der Waals surface area contributed by atoms with Crippen LogP contribution in [0.2, 0.25) is 0 Å². The van der Waals surface area contributed by atoms with Gasteiger partial charge in [-0.25, -0.2) is 13.0 Å². The first-order chi connectivity index (χ1) is 9.51. The number of aryl methyl sites for hydroxylation is 1. The van der Waals surface area contributed by atoms with Gasteiger partial charge in [-0.2, -0.15) is 9.61 Å². The van der Waals surface area contributed by atoms with E-state index in [1.54, 1.807) is 21.5 Å². The zero-order valence-corrected chi connectivity index (χ0v) is 11.7. The van der Waals surface area contributed by atoms with Crippen molar-refractivity contribution >= 4 is 26.4 Å². The zero-order chi connectivity index (χ0) is 14.2. The quantitative estimate of drug-likeness (QED) is 0.483. The summed E-state index contributed by atoms with van der Waals surface area (Å²) in [5, 5.41) is 12.7. The fraction of sp³-hybridized carbons (Fsp3) is 0.200. The number of fused-ring (bicyclic) bond motifs is 1. The molecule has 0 spiro atoms. The first kappa shape index (κ1) is 13.1.